The number of nitrogens with one attached hydrogen (secondary N) is 3. The number of rotatable bonds is 8. The van der Waals surface area contributed by atoms with Crippen molar-refractivity contribution < 1.29 is 9.53 Å². The van der Waals surface area contributed by atoms with Crippen LogP contribution in [0, 0.1) is 0 Å². The Morgan fingerprint density at radius 1 is 1.32 bits per heavy atom. The van der Waals surface area contributed by atoms with Crippen molar-refractivity contribution in [2.24, 2.45) is 4.99 Å². The van der Waals surface area contributed by atoms with Crippen LogP contribution in [0.5, 0.6) is 5.75 Å². The average Bonchev–Trinajstić information content (AvgIpc) is 3.02. The van der Waals surface area contributed by atoms with Crippen molar-refractivity contribution in [3.63, 3.8) is 0 Å². The molecule has 0 aromatic heterocycles. The van der Waals surface area contributed by atoms with Crippen molar-refractivity contribution in [2.45, 2.75) is 52.2 Å². The van der Waals surface area contributed by atoms with E-state index in [2.05, 4.69) is 33.9 Å². The number of benzene rings is 1. The Morgan fingerprint density at radius 2 is 2.12 bits per heavy atom. The van der Waals surface area contributed by atoms with Crippen molar-refractivity contribution >= 4 is 11.9 Å². The fourth-order valence-electron chi connectivity index (χ4n) is 2.63. The molecule has 2 atom stereocenters. The molecule has 138 valence electrons. The Hall–Kier alpha value is -2.24. The molecule has 0 fully saturated rings. The predicted molar refractivity (Wildman–Crippen MR) is 101 cm³/mol. The topological polar surface area (TPSA) is 74.8 Å². The van der Waals surface area contributed by atoms with Crippen LogP contribution in [0.2, 0.25) is 0 Å². The van der Waals surface area contributed by atoms with Gasteiger partial charge in [-0.05, 0) is 31.9 Å². The summed E-state index contributed by atoms with van der Waals surface area (Å²) in [7, 11) is 0. The summed E-state index contributed by atoms with van der Waals surface area (Å²) in [4.78, 5) is 16.4. The van der Waals surface area contributed by atoms with Gasteiger partial charge in [-0.3, -0.25) is 4.79 Å². The number of carbonyl (C=O) groups is 1. The maximum atomic E-state index is 11.8. The number of hydrogen-bond acceptors (Lipinski definition) is 3. The van der Waals surface area contributed by atoms with Crippen LogP contribution in [-0.4, -0.2) is 43.6 Å². The summed E-state index contributed by atoms with van der Waals surface area (Å²) in [5.41, 5.74) is 1.24. The highest BCUT2D eigenvalue weighted by Crippen LogP contribution is 2.28. The zero-order valence-electron chi connectivity index (χ0n) is 15.5. The summed E-state index contributed by atoms with van der Waals surface area (Å²) in [5, 5.41) is 9.38. The number of nitrogens with zero attached hydrogens (tertiary/aromatic N) is 1. The Kier molecular flexibility index (Phi) is 7.57. The molecule has 1 aliphatic heterocycles. The largest absolute Gasteiger partial charge is 0.488 e. The van der Waals surface area contributed by atoms with Crippen LogP contribution in [0.4, 0.5) is 0 Å². The lowest BCUT2D eigenvalue weighted by atomic mass is 10.1. The summed E-state index contributed by atoms with van der Waals surface area (Å²) < 4.78 is 5.91. The molecule has 1 aromatic rings. The van der Waals surface area contributed by atoms with Crippen LogP contribution < -0.4 is 20.7 Å². The number of amides is 1. The monoisotopic (exact) mass is 346 g/mol. The predicted octanol–water partition coefficient (Wildman–Crippen LogP) is 1.85. The highest BCUT2D eigenvalue weighted by molar-refractivity contribution is 5.81. The standard InChI is InChI=1S/C19H30N4O2/c1-4-14(3)23-18(24)10-11-21-19(20-5-2)22-13-16-12-15-8-6-7-9-17(15)25-16/h6-9,14,16H,4-5,10-13H2,1-3H3,(H,23,24)(H2,20,21,22). The van der Waals surface area contributed by atoms with Gasteiger partial charge in [-0.1, -0.05) is 25.1 Å². The molecule has 0 saturated heterocycles. The minimum absolute atomic E-state index is 0.0623. The fraction of sp³-hybridized carbons (Fsp3) is 0.579. The van der Waals surface area contributed by atoms with Crippen LogP contribution in [0.1, 0.15) is 39.2 Å². The van der Waals surface area contributed by atoms with Gasteiger partial charge < -0.3 is 20.7 Å². The lowest BCUT2D eigenvalue weighted by molar-refractivity contribution is -0.121. The maximum Gasteiger partial charge on any atom is 0.221 e. The molecule has 1 amide bonds. The molecule has 1 heterocycles. The van der Waals surface area contributed by atoms with Gasteiger partial charge >= 0.3 is 0 Å². The SMILES string of the molecule is CCNC(=NCC1Cc2ccccc2O1)NCCC(=O)NC(C)CC. The van der Waals surface area contributed by atoms with Gasteiger partial charge in [-0.25, -0.2) is 4.99 Å². The van der Waals surface area contributed by atoms with E-state index >= 15 is 0 Å². The van der Waals surface area contributed by atoms with Gasteiger partial charge in [0, 0.05) is 32.0 Å². The molecule has 0 aliphatic carbocycles. The fourth-order valence-corrected chi connectivity index (χ4v) is 2.63. The van der Waals surface area contributed by atoms with Gasteiger partial charge in [0.2, 0.25) is 5.91 Å². The summed E-state index contributed by atoms with van der Waals surface area (Å²) >= 11 is 0. The Bertz CT molecular complexity index is 564. The summed E-state index contributed by atoms with van der Waals surface area (Å²) in [5.74, 6) is 1.74. The second kappa shape index (κ2) is 9.91. The van der Waals surface area contributed by atoms with Crippen molar-refractivity contribution in [1.82, 2.24) is 16.0 Å². The zero-order valence-corrected chi connectivity index (χ0v) is 15.5. The molecule has 0 radical (unpaired) electrons. The second-order valence-corrected chi connectivity index (χ2v) is 6.32. The molecule has 1 aliphatic rings. The van der Waals surface area contributed by atoms with Gasteiger partial charge in [-0.15, -0.1) is 0 Å². The summed E-state index contributed by atoms with van der Waals surface area (Å²) in [6.45, 7) is 8.01. The molecule has 0 saturated carbocycles. The molecule has 6 nitrogen and oxygen atoms in total. The normalized spacial score (nSPS) is 17.4. The molecule has 2 unspecified atom stereocenters. The first-order chi connectivity index (χ1) is 12.1. The third-order valence-corrected chi connectivity index (χ3v) is 4.18. The first kappa shape index (κ1) is 19.1. The van der Waals surface area contributed by atoms with Crippen LogP contribution >= 0.6 is 0 Å². The average molecular weight is 346 g/mol. The van der Waals surface area contributed by atoms with E-state index in [0.29, 0.717) is 19.5 Å². The van der Waals surface area contributed by atoms with E-state index in [-0.39, 0.29) is 18.1 Å². The molecule has 3 N–H and O–H groups in total. The molecule has 0 bridgehead atoms. The third-order valence-electron chi connectivity index (χ3n) is 4.18. The van der Waals surface area contributed by atoms with Crippen LogP contribution in [0.15, 0.2) is 29.3 Å². The number of aliphatic imine (C=N–C) groups is 1. The summed E-state index contributed by atoms with van der Waals surface area (Å²) in [6, 6.07) is 8.33. The number of para-hydroxylation sites is 1. The zero-order chi connectivity index (χ0) is 18.1. The number of fused-ring (bicyclic) bond motifs is 1. The smallest absolute Gasteiger partial charge is 0.221 e. The lowest BCUT2D eigenvalue weighted by Gasteiger charge is -2.14. The molecule has 6 heteroatoms. The number of hydrogen-bond donors (Lipinski definition) is 3. The minimum Gasteiger partial charge on any atom is -0.488 e. The lowest BCUT2D eigenvalue weighted by Crippen LogP contribution is -2.40. The molecule has 1 aromatic carbocycles. The van der Waals surface area contributed by atoms with Gasteiger partial charge in [0.05, 0.1) is 6.54 Å². The van der Waals surface area contributed by atoms with Gasteiger partial charge in [0.15, 0.2) is 5.96 Å². The first-order valence-corrected chi connectivity index (χ1v) is 9.18. The Balaban J connectivity index is 1.76. The second-order valence-electron chi connectivity index (χ2n) is 6.32. The van der Waals surface area contributed by atoms with Gasteiger partial charge in [0.1, 0.15) is 11.9 Å². The Labute approximate surface area is 150 Å². The first-order valence-electron chi connectivity index (χ1n) is 9.18. The highest BCUT2D eigenvalue weighted by atomic mass is 16.5. The van der Waals surface area contributed by atoms with E-state index < -0.39 is 0 Å². The van der Waals surface area contributed by atoms with Gasteiger partial charge in [-0.2, -0.15) is 0 Å². The molecular formula is C19H30N4O2. The quantitative estimate of drug-likeness (QED) is 0.496. The third kappa shape index (κ3) is 6.29. The maximum absolute atomic E-state index is 11.8. The van der Waals surface area contributed by atoms with Crippen molar-refractivity contribution in [2.75, 3.05) is 19.6 Å². The molecule has 2 rings (SSSR count). The van der Waals surface area contributed by atoms with Gasteiger partial charge in [0.25, 0.3) is 0 Å². The van der Waals surface area contributed by atoms with E-state index in [1.165, 1.54) is 5.56 Å². The molecule has 25 heavy (non-hydrogen) atoms. The van der Waals surface area contributed by atoms with E-state index in [1.807, 2.05) is 32.0 Å². The molecular weight excluding hydrogens is 316 g/mol. The van der Waals surface area contributed by atoms with Crippen LogP contribution in [0.3, 0.4) is 0 Å². The van der Waals surface area contributed by atoms with E-state index in [0.717, 1.165) is 31.1 Å². The number of ether oxygens (including phenoxy) is 1. The number of carbonyl (C=O) groups excluding carboxylic acids is 1. The highest BCUT2D eigenvalue weighted by Gasteiger charge is 2.21. The van der Waals surface area contributed by atoms with Crippen molar-refractivity contribution in [3.8, 4) is 5.75 Å². The van der Waals surface area contributed by atoms with Crippen molar-refractivity contribution in [1.29, 1.82) is 0 Å². The van der Waals surface area contributed by atoms with Crippen LogP contribution in [-0.2, 0) is 11.2 Å². The van der Waals surface area contributed by atoms with E-state index in [9.17, 15) is 4.79 Å². The van der Waals surface area contributed by atoms with Crippen LogP contribution in [0.25, 0.3) is 0 Å². The van der Waals surface area contributed by atoms with Crippen molar-refractivity contribution in [3.05, 3.63) is 29.8 Å². The van der Waals surface area contributed by atoms with E-state index in [1.54, 1.807) is 0 Å². The number of guanidine groups is 1. The Morgan fingerprint density at radius 3 is 2.84 bits per heavy atom. The summed E-state index contributed by atoms with van der Waals surface area (Å²) in [6.07, 6.45) is 2.32. The molecule has 0 spiro atoms. The van der Waals surface area contributed by atoms with E-state index in [4.69, 9.17) is 4.74 Å². The minimum atomic E-state index is 0.0623.